The van der Waals surface area contributed by atoms with Crippen LogP contribution >= 0.6 is 11.3 Å². The molecule has 0 bridgehead atoms. The van der Waals surface area contributed by atoms with Gasteiger partial charge in [-0.3, -0.25) is 4.90 Å². The van der Waals surface area contributed by atoms with Crippen LogP contribution < -0.4 is 4.74 Å². The van der Waals surface area contributed by atoms with Gasteiger partial charge in [-0.05, 0) is 38.1 Å². The third-order valence-corrected chi connectivity index (χ3v) is 6.35. The van der Waals surface area contributed by atoms with Crippen LogP contribution in [0.2, 0.25) is 0 Å². The van der Waals surface area contributed by atoms with Gasteiger partial charge in [0.1, 0.15) is 11.6 Å². The van der Waals surface area contributed by atoms with E-state index < -0.39 is 0 Å². The van der Waals surface area contributed by atoms with Gasteiger partial charge in [-0.2, -0.15) is 4.52 Å². The molecule has 3 aromatic rings. The smallest absolute Gasteiger partial charge is 0.230 e. The number of aryl methyl sites for hydroxylation is 1. The largest absolute Gasteiger partial charge is 0.494 e. The molecule has 7 nitrogen and oxygen atoms in total. The van der Waals surface area contributed by atoms with Gasteiger partial charge in [0, 0.05) is 26.2 Å². The van der Waals surface area contributed by atoms with E-state index in [1.807, 2.05) is 26.0 Å². The van der Waals surface area contributed by atoms with Gasteiger partial charge in [-0.15, -0.1) is 5.10 Å². The van der Waals surface area contributed by atoms with Gasteiger partial charge in [0.15, 0.2) is 0 Å². The highest BCUT2D eigenvalue weighted by atomic mass is 32.1. The molecule has 0 radical (unpaired) electrons. The van der Waals surface area contributed by atoms with E-state index in [0.717, 1.165) is 53.9 Å². The number of ether oxygens (including phenoxy) is 1. The molecular formula is C20H27N5O2S. The minimum atomic E-state index is -0.0245. The fraction of sp³-hybridized carbons (Fsp3) is 0.500. The summed E-state index contributed by atoms with van der Waals surface area (Å²) in [4.78, 5) is 11.0. The number of hydrogen-bond acceptors (Lipinski definition) is 7. The lowest BCUT2D eigenvalue weighted by molar-refractivity contribution is 0.113. The quantitative estimate of drug-likeness (QED) is 0.685. The van der Waals surface area contributed by atoms with Crippen molar-refractivity contribution in [2.75, 3.05) is 39.3 Å². The van der Waals surface area contributed by atoms with Crippen molar-refractivity contribution >= 4 is 16.3 Å². The Morgan fingerprint density at radius 2 is 1.86 bits per heavy atom. The van der Waals surface area contributed by atoms with E-state index in [-0.39, 0.29) is 11.9 Å². The summed E-state index contributed by atoms with van der Waals surface area (Å²) in [5, 5.41) is 15.2. The van der Waals surface area contributed by atoms with Crippen LogP contribution in [0.1, 0.15) is 36.2 Å². The first-order valence-corrected chi connectivity index (χ1v) is 10.7. The Labute approximate surface area is 169 Å². The summed E-state index contributed by atoms with van der Waals surface area (Å²) in [6.07, 6.45) is 0. The van der Waals surface area contributed by atoms with E-state index in [1.165, 1.54) is 11.3 Å². The highest BCUT2D eigenvalue weighted by molar-refractivity contribution is 7.17. The molecule has 28 heavy (non-hydrogen) atoms. The van der Waals surface area contributed by atoms with Crippen LogP contribution in [0.3, 0.4) is 0 Å². The maximum atomic E-state index is 10.9. The second kappa shape index (κ2) is 8.06. The Hall–Kier alpha value is -2.16. The Balaban J connectivity index is 1.72. The second-order valence-corrected chi connectivity index (χ2v) is 8.03. The van der Waals surface area contributed by atoms with Crippen molar-refractivity contribution in [2.45, 2.75) is 26.8 Å². The van der Waals surface area contributed by atoms with Gasteiger partial charge >= 0.3 is 0 Å². The highest BCUT2D eigenvalue weighted by Crippen LogP contribution is 2.40. The SMILES string of the molecule is CCOc1ccc([C@@H](c2sc3nc(C)nn3c2O)N2CCN(CC)CC2)cc1. The predicted molar refractivity (Wildman–Crippen MR) is 110 cm³/mol. The Morgan fingerprint density at radius 3 is 2.46 bits per heavy atom. The zero-order valence-corrected chi connectivity index (χ0v) is 17.4. The molecule has 150 valence electrons. The number of piperazine rings is 1. The van der Waals surface area contributed by atoms with Crippen molar-refractivity contribution in [1.29, 1.82) is 0 Å². The molecule has 0 saturated carbocycles. The van der Waals surface area contributed by atoms with Crippen LogP contribution in [-0.2, 0) is 0 Å². The van der Waals surface area contributed by atoms with E-state index >= 15 is 0 Å². The second-order valence-electron chi connectivity index (χ2n) is 7.02. The summed E-state index contributed by atoms with van der Waals surface area (Å²) in [5.74, 6) is 1.72. The van der Waals surface area contributed by atoms with E-state index in [1.54, 1.807) is 4.52 Å². The van der Waals surface area contributed by atoms with Gasteiger partial charge in [0.25, 0.3) is 0 Å². The number of benzene rings is 1. The van der Waals surface area contributed by atoms with Crippen molar-refractivity contribution in [2.24, 2.45) is 0 Å². The molecule has 1 aromatic carbocycles. The van der Waals surface area contributed by atoms with Crippen LogP contribution in [0, 0.1) is 6.92 Å². The van der Waals surface area contributed by atoms with Crippen molar-refractivity contribution in [3.8, 4) is 11.6 Å². The van der Waals surface area contributed by atoms with Crippen molar-refractivity contribution in [3.63, 3.8) is 0 Å². The molecule has 8 heteroatoms. The zero-order chi connectivity index (χ0) is 19.7. The van der Waals surface area contributed by atoms with Gasteiger partial charge in [-0.1, -0.05) is 30.4 Å². The van der Waals surface area contributed by atoms with Gasteiger partial charge in [0.2, 0.25) is 10.8 Å². The first-order valence-electron chi connectivity index (χ1n) is 9.84. The van der Waals surface area contributed by atoms with Crippen LogP contribution in [0.4, 0.5) is 0 Å². The fourth-order valence-corrected chi connectivity index (χ4v) is 4.97. The van der Waals surface area contributed by atoms with Gasteiger partial charge in [0.05, 0.1) is 17.5 Å². The van der Waals surface area contributed by atoms with Gasteiger partial charge < -0.3 is 14.7 Å². The predicted octanol–water partition coefficient (Wildman–Crippen LogP) is 2.93. The monoisotopic (exact) mass is 401 g/mol. The number of aromatic hydroxyl groups is 1. The maximum Gasteiger partial charge on any atom is 0.230 e. The van der Waals surface area contributed by atoms with E-state index in [9.17, 15) is 5.11 Å². The summed E-state index contributed by atoms with van der Waals surface area (Å²) < 4.78 is 7.16. The number of fused-ring (bicyclic) bond motifs is 1. The maximum absolute atomic E-state index is 10.9. The van der Waals surface area contributed by atoms with Crippen LogP contribution in [0.15, 0.2) is 24.3 Å². The Bertz CT molecular complexity index is 928. The molecule has 3 heterocycles. The zero-order valence-electron chi connectivity index (χ0n) is 16.6. The minimum absolute atomic E-state index is 0.0245. The minimum Gasteiger partial charge on any atom is -0.494 e. The number of thiazole rings is 1. The first-order chi connectivity index (χ1) is 13.6. The normalized spacial score (nSPS) is 17.2. The molecule has 1 atom stereocenters. The molecule has 1 fully saturated rings. The standard InChI is InChI=1S/C20H27N5O2S/c1-4-23-10-12-24(13-11-23)17(15-6-8-16(9-7-15)27-5-2)18-19(26)25-20(28-18)21-14(3)22-25/h6-9,17,26H,4-5,10-13H2,1-3H3/t17-/m0/s1. The summed E-state index contributed by atoms with van der Waals surface area (Å²) in [6.45, 7) is 11.7. The number of hydrogen-bond donors (Lipinski definition) is 1. The Morgan fingerprint density at radius 1 is 1.14 bits per heavy atom. The topological polar surface area (TPSA) is 66.1 Å². The molecule has 2 aromatic heterocycles. The van der Waals surface area contributed by atoms with Gasteiger partial charge in [-0.25, -0.2) is 4.98 Å². The lowest BCUT2D eigenvalue weighted by atomic mass is 10.0. The average Bonchev–Trinajstić information content (AvgIpc) is 3.22. The molecule has 0 amide bonds. The molecule has 1 N–H and O–H groups in total. The number of rotatable bonds is 6. The van der Waals surface area contributed by atoms with Crippen molar-refractivity contribution in [3.05, 3.63) is 40.5 Å². The summed E-state index contributed by atoms with van der Waals surface area (Å²) in [5.41, 5.74) is 1.14. The number of aromatic nitrogens is 3. The third-order valence-electron chi connectivity index (χ3n) is 5.28. The molecule has 0 spiro atoms. The fourth-order valence-electron chi connectivity index (χ4n) is 3.80. The van der Waals surface area contributed by atoms with Crippen LogP contribution in [-0.4, -0.2) is 68.8 Å². The summed E-state index contributed by atoms with van der Waals surface area (Å²) in [6, 6.07) is 8.19. The number of nitrogens with zero attached hydrogens (tertiary/aromatic N) is 5. The molecule has 4 rings (SSSR count). The molecule has 1 saturated heterocycles. The molecule has 1 aliphatic heterocycles. The molecule has 0 unspecified atom stereocenters. The third kappa shape index (κ3) is 3.59. The van der Waals surface area contributed by atoms with E-state index in [2.05, 4.69) is 38.9 Å². The lowest BCUT2D eigenvalue weighted by Crippen LogP contribution is -2.47. The Kier molecular flexibility index (Phi) is 5.52. The molecule has 0 aliphatic carbocycles. The lowest BCUT2D eigenvalue weighted by Gasteiger charge is -2.38. The van der Waals surface area contributed by atoms with Crippen molar-refractivity contribution in [1.82, 2.24) is 24.4 Å². The van der Waals surface area contributed by atoms with E-state index in [0.29, 0.717) is 12.4 Å². The molecule has 1 aliphatic rings. The first kappa shape index (κ1) is 19.2. The van der Waals surface area contributed by atoms with Crippen molar-refractivity contribution < 1.29 is 9.84 Å². The summed E-state index contributed by atoms with van der Waals surface area (Å²) >= 11 is 1.52. The average molecular weight is 402 g/mol. The van der Waals surface area contributed by atoms with Crippen LogP contribution in [0.25, 0.3) is 4.96 Å². The van der Waals surface area contributed by atoms with Crippen LogP contribution in [0.5, 0.6) is 11.6 Å². The molecular weight excluding hydrogens is 374 g/mol. The summed E-state index contributed by atoms with van der Waals surface area (Å²) in [7, 11) is 0. The highest BCUT2D eigenvalue weighted by Gasteiger charge is 2.31. The van der Waals surface area contributed by atoms with E-state index in [4.69, 9.17) is 4.74 Å². The number of likely N-dealkylation sites (N-methyl/N-ethyl adjacent to an activating group) is 1.